The third-order valence-electron chi connectivity index (χ3n) is 3.00. The van der Waals surface area contributed by atoms with E-state index in [4.69, 9.17) is 5.11 Å². The van der Waals surface area contributed by atoms with E-state index in [-0.39, 0.29) is 10.7 Å². The molecule has 1 unspecified atom stereocenters. The van der Waals surface area contributed by atoms with Crippen LogP contribution in [0.2, 0.25) is 0 Å². The smallest absolute Gasteiger partial charge is 0.357 e. The molecular formula is C13H14N2O4S2. The Bertz CT molecular complexity index is 689. The molecule has 2 rings (SSSR count). The number of thiol groups is 1. The van der Waals surface area contributed by atoms with E-state index in [2.05, 4.69) is 4.98 Å². The second-order valence-corrected chi connectivity index (χ2v) is 5.97. The summed E-state index contributed by atoms with van der Waals surface area (Å²) in [4.78, 5) is 14.9. The van der Waals surface area contributed by atoms with Crippen molar-refractivity contribution in [3.63, 3.8) is 0 Å². The fraction of sp³-hybridized carbons (Fsp3) is 0.231. The van der Waals surface area contributed by atoms with Crippen molar-refractivity contribution in [2.24, 2.45) is 0 Å². The maximum atomic E-state index is 11.7. The van der Waals surface area contributed by atoms with Gasteiger partial charge in [-0.15, -0.1) is 11.3 Å². The minimum atomic E-state index is -2.98. The Morgan fingerprint density at radius 3 is 2.57 bits per heavy atom. The molecule has 6 nitrogen and oxygen atoms in total. The molecule has 1 N–H and O–H groups in total. The highest BCUT2D eigenvalue weighted by Gasteiger charge is 2.27. The highest BCUT2D eigenvalue weighted by atomic mass is 32.2. The van der Waals surface area contributed by atoms with Gasteiger partial charge in [-0.2, -0.15) is 0 Å². The first-order valence-corrected chi connectivity index (χ1v) is 8.22. The van der Waals surface area contributed by atoms with Gasteiger partial charge in [0.2, 0.25) is 10.9 Å². The average Bonchev–Trinajstić information content (AvgIpc) is 2.94. The number of aromatic carboxylic acids is 1. The lowest BCUT2D eigenvalue weighted by molar-refractivity contribution is 0.0692. The molecule has 112 valence electrons. The highest BCUT2D eigenvalue weighted by molar-refractivity contribution is 7.74. The molecule has 1 atom stereocenters. The summed E-state index contributed by atoms with van der Waals surface area (Å²) in [6.45, 7) is 1.85. The van der Waals surface area contributed by atoms with Crippen LogP contribution in [0.3, 0.4) is 0 Å². The van der Waals surface area contributed by atoms with E-state index in [0.717, 1.165) is 21.2 Å². The van der Waals surface area contributed by atoms with Crippen LogP contribution < -0.4 is 4.31 Å². The molecule has 1 aromatic carbocycles. The number of thiazole rings is 1. The van der Waals surface area contributed by atoms with Crippen LogP contribution in [-0.2, 0) is 10.9 Å². The Hall–Kier alpha value is -1.93. The van der Waals surface area contributed by atoms with Crippen molar-refractivity contribution >= 4 is 33.2 Å². The summed E-state index contributed by atoms with van der Waals surface area (Å²) >= 11 is 1.00. The molecule has 1 aromatic heterocycles. The standard InChI is InChI=1S/C13H14N2O4S2/c1-2-10(9-6-4-3-5-7-9)15(21(18)19)12-11(13(16)17)14-8-20-12/h3-8,10,21H,2H2,1H3,(H,16,17). The van der Waals surface area contributed by atoms with Crippen molar-refractivity contribution in [2.75, 3.05) is 4.31 Å². The SMILES string of the molecule is CCC(c1ccccc1)N(c1scnc1C(=O)O)[SH](=O)=O. The van der Waals surface area contributed by atoms with Gasteiger partial charge in [-0.05, 0) is 12.0 Å². The monoisotopic (exact) mass is 326 g/mol. The number of benzene rings is 1. The fourth-order valence-electron chi connectivity index (χ4n) is 2.10. The first-order chi connectivity index (χ1) is 10.1. The first-order valence-electron chi connectivity index (χ1n) is 6.21. The van der Waals surface area contributed by atoms with Crippen LogP contribution in [-0.4, -0.2) is 24.5 Å². The zero-order chi connectivity index (χ0) is 15.4. The topological polar surface area (TPSA) is 87.6 Å². The number of hydrogen-bond donors (Lipinski definition) is 2. The molecule has 0 aliphatic rings. The van der Waals surface area contributed by atoms with Gasteiger partial charge in [0.25, 0.3) is 0 Å². The van der Waals surface area contributed by atoms with Crippen LogP contribution in [0.15, 0.2) is 35.8 Å². The predicted octanol–water partition coefficient (Wildman–Crippen LogP) is 2.33. The molecule has 0 fully saturated rings. The van der Waals surface area contributed by atoms with Gasteiger partial charge < -0.3 is 5.11 Å². The molecule has 0 saturated heterocycles. The number of hydrogen-bond acceptors (Lipinski definition) is 5. The van der Waals surface area contributed by atoms with Crippen molar-refractivity contribution in [2.45, 2.75) is 19.4 Å². The van der Waals surface area contributed by atoms with Crippen molar-refractivity contribution in [1.82, 2.24) is 4.98 Å². The molecule has 0 bridgehead atoms. The molecule has 2 aromatic rings. The lowest BCUT2D eigenvalue weighted by Crippen LogP contribution is -2.27. The zero-order valence-electron chi connectivity index (χ0n) is 11.2. The lowest BCUT2D eigenvalue weighted by Gasteiger charge is -2.26. The number of anilines is 1. The Kier molecular flexibility index (Phi) is 4.92. The summed E-state index contributed by atoms with van der Waals surface area (Å²) in [5, 5.41) is 9.26. The lowest BCUT2D eigenvalue weighted by atomic mass is 10.0. The highest BCUT2D eigenvalue weighted by Crippen LogP contribution is 2.34. The first kappa shape index (κ1) is 15.5. The van der Waals surface area contributed by atoms with Crippen molar-refractivity contribution in [1.29, 1.82) is 0 Å². The average molecular weight is 326 g/mol. The van der Waals surface area contributed by atoms with Gasteiger partial charge in [-0.3, -0.25) is 4.31 Å². The second kappa shape index (κ2) is 6.68. The van der Waals surface area contributed by atoms with Crippen LogP contribution >= 0.6 is 11.3 Å². The molecular weight excluding hydrogens is 312 g/mol. The molecule has 0 radical (unpaired) electrons. The van der Waals surface area contributed by atoms with Gasteiger partial charge in [-0.25, -0.2) is 18.2 Å². The molecule has 0 saturated carbocycles. The van der Waals surface area contributed by atoms with Gasteiger partial charge in [0.1, 0.15) is 5.00 Å². The Labute approximate surface area is 127 Å². The Balaban J connectivity index is 2.52. The molecule has 0 aliphatic carbocycles. The summed E-state index contributed by atoms with van der Waals surface area (Å²) in [6.07, 6.45) is 0.518. The Morgan fingerprint density at radius 1 is 1.38 bits per heavy atom. The molecule has 0 amide bonds. The maximum Gasteiger partial charge on any atom is 0.357 e. The fourth-order valence-corrected chi connectivity index (χ4v) is 3.96. The van der Waals surface area contributed by atoms with E-state index in [0.29, 0.717) is 6.42 Å². The zero-order valence-corrected chi connectivity index (χ0v) is 12.9. The number of carboxylic acids is 1. The number of carbonyl (C=O) groups is 1. The number of aromatic nitrogens is 1. The number of rotatable bonds is 6. The normalized spacial score (nSPS) is 12.3. The molecule has 0 spiro atoms. The molecule has 0 aliphatic heterocycles. The van der Waals surface area contributed by atoms with Crippen LogP contribution in [0.4, 0.5) is 5.00 Å². The van der Waals surface area contributed by atoms with Crippen molar-refractivity contribution < 1.29 is 18.3 Å². The number of carboxylic acid groups (broad SMARTS) is 1. The van der Waals surface area contributed by atoms with Crippen LogP contribution in [0, 0.1) is 0 Å². The van der Waals surface area contributed by atoms with Crippen molar-refractivity contribution in [3.8, 4) is 0 Å². The summed E-state index contributed by atoms with van der Waals surface area (Å²) in [5.74, 6) is -1.24. The Morgan fingerprint density at radius 2 is 2.05 bits per heavy atom. The third kappa shape index (κ3) is 3.22. The van der Waals surface area contributed by atoms with Crippen molar-refractivity contribution in [3.05, 3.63) is 47.1 Å². The molecule has 21 heavy (non-hydrogen) atoms. The number of nitrogens with zero attached hydrogens (tertiary/aromatic N) is 2. The maximum absolute atomic E-state index is 11.7. The van der Waals surface area contributed by atoms with Gasteiger partial charge in [0, 0.05) is 0 Å². The van der Waals surface area contributed by atoms with E-state index >= 15 is 0 Å². The minimum Gasteiger partial charge on any atom is -0.476 e. The summed E-state index contributed by atoms with van der Waals surface area (Å²) < 4.78 is 24.5. The van der Waals surface area contributed by atoms with E-state index in [9.17, 15) is 13.2 Å². The van der Waals surface area contributed by atoms with Crippen LogP contribution in [0.1, 0.15) is 35.4 Å². The van der Waals surface area contributed by atoms with Crippen LogP contribution in [0.5, 0.6) is 0 Å². The summed E-state index contributed by atoms with van der Waals surface area (Å²) in [7, 11) is -2.98. The van der Waals surface area contributed by atoms with Gasteiger partial charge in [0.05, 0.1) is 11.6 Å². The van der Waals surface area contributed by atoms with Gasteiger partial charge in [0.15, 0.2) is 5.69 Å². The van der Waals surface area contributed by atoms with Crippen LogP contribution in [0.25, 0.3) is 0 Å². The molecule has 1 heterocycles. The van der Waals surface area contributed by atoms with E-state index in [1.165, 1.54) is 5.51 Å². The van der Waals surface area contributed by atoms with Gasteiger partial charge >= 0.3 is 5.97 Å². The second-order valence-electron chi connectivity index (χ2n) is 4.23. The largest absolute Gasteiger partial charge is 0.476 e. The van der Waals surface area contributed by atoms with E-state index < -0.39 is 22.9 Å². The minimum absolute atomic E-state index is 0.134. The predicted molar refractivity (Wildman–Crippen MR) is 81.3 cm³/mol. The quantitative estimate of drug-likeness (QED) is 0.796. The summed E-state index contributed by atoms with van der Waals surface area (Å²) in [5.41, 5.74) is 1.90. The summed E-state index contributed by atoms with van der Waals surface area (Å²) in [6, 6.07) is 8.67. The van der Waals surface area contributed by atoms with E-state index in [1.54, 1.807) is 0 Å². The molecule has 8 heteroatoms. The van der Waals surface area contributed by atoms with E-state index in [1.807, 2.05) is 37.3 Å². The van der Waals surface area contributed by atoms with Gasteiger partial charge in [-0.1, -0.05) is 37.3 Å². The third-order valence-corrected chi connectivity index (χ3v) is 4.79.